The van der Waals surface area contributed by atoms with Crippen molar-refractivity contribution < 1.29 is 53.4 Å². The molecule has 29 nitrogen and oxygen atoms in total. The number of hydrogen-bond donors (Lipinski definition) is 17. The van der Waals surface area contributed by atoms with E-state index in [2.05, 4.69) is 52.2 Å². The van der Waals surface area contributed by atoms with Crippen LogP contribution in [0.25, 0.3) is 0 Å². The van der Waals surface area contributed by atoms with Gasteiger partial charge in [-0.15, -0.1) is 0 Å². The maximum Gasteiger partial charge on any atom is 0.352 e. The van der Waals surface area contributed by atoms with Crippen molar-refractivity contribution in [2.24, 2.45) is 51.0 Å². The van der Waals surface area contributed by atoms with Crippen molar-refractivity contribution in [3.05, 3.63) is 30.0 Å². The molecule has 1 saturated carbocycles. The van der Waals surface area contributed by atoms with Crippen molar-refractivity contribution in [3.63, 3.8) is 0 Å². The third-order valence-corrected chi connectivity index (χ3v) is 13.1. The van der Waals surface area contributed by atoms with Crippen LogP contribution in [0, 0.1) is 5.92 Å². The number of aromatic nitrogens is 2. The lowest BCUT2D eigenvalue weighted by Gasteiger charge is -2.36. The number of aliphatic imine (C=N–C) groups is 1. The Morgan fingerprint density at radius 2 is 1.47 bits per heavy atom. The summed E-state index contributed by atoms with van der Waals surface area (Å²) in [6.45, 7) is 1.12. The number of aliphatic carboxylic acids is 1. The lowest BCUT2D eigenvalue weighted by molar-refractivity contribution is -0.144. The molecule has 2 fully saturated rings. The number of aromatic amines is 1. The van der Waals surface area contributed by atoms with Crippen LogP contribution in [0.4, 0.5) is 0 Å². The van der Waals surface area contributed by atoms with E-state index < -0.39 is 126 Å². The predicted octanol–water partition coefficient (Wildman–Crippen LogP) is -5.94. The van der Waals surface area contributed by atoms with Crippen LogP contribution >= 0.6 is 0 Å². The number of carboxylic acids is 1. The van der Waals surface area contributed by atoms with Crippen molar-refractivity contribution in [2.45, 2.75) is 158 Å². The number of carbonyl (C=O) groups is 9. The highest BCUT2D eigenvalue weighted by atomic mass is 16.4. The summed E-state index contributed by atoms with van der Waals surface area (Å²) >= 11 is 0. The lowest BCUT2D eigenvalue weighted by atomic mass is 9.84. The maximum absolute atomic E-state index is 14.8. The van der Waals surface area contributed by atoms with Gasteiger partial charge in [0.05, 0.1) is 25.0 Å². The molecular weight excluding hydrogens is 993 g/mol. The van der Waals surface area contributed by atoms with Gasteiger partial charge in [-0.2, -0.15) is 0 Å². The first-order chi connectivity index (χ1) is 36.3. The van der Waals surface area contributed by atoms with Gasteiger partial charge in [-0.3, -0.25) is 43.3 Å². The summed E-state index contributed by atoms with van der Waals surface area (Å²) in [5.74, 6) is -7.93. The highest BCUT2D eigenvalue weighted by Crippen LogP contribution is 2.40. The third-order valence-electron chi connectivity index (χ3n) is 13.1. The fraction of sp³-hybridized carbons (Fsp3) is 0.681. The third kappa shape index (κ3) is 20.7. The Kier molecular flexibility index (Phi) is 27.8. The molecule has 3 rings (SSSR count). The molecule has 2 aliphatic rings. The lowest BCUT2D eigenvalue weighted by Crippen LogP contribution is -2.60. The van der Waals surface area contributed by atoms with Crippen LogP contribution < -0.4 is 77.4 Å². The highest BCUT2D eigenvalue weighted by molar-refractivity contribution is 5.99. The minimum absolute atomic E-state index is 0.0439. The minimum atomic E-state index is -1.56. The molecular formula is C47H82N18O11. The first-order valence-corrected chi connectivity index (χ1v) is 25.9. The predicted molar refractivity (Wildman–Crippen MR) is 278 cm³/mol. The van der Waals surface area contributed by atoms with Gasteiger partial charge in [0.15, 0.2) is 5.96 Å². The number of fused-ring (bicyclic) bond motifs is 1. The fourth-order valence-electron chi connectivity index (χ4n) is 9.02. The molecule has 29 heteroatoms. The molecule has 1 aliphatic heterocycles. The SMILES string of the molecule is C[C@H](NC(=O)[C@@H](NC(=O)[C@@H](N)CCCCN)[C@@H](O)CN)C(=O)NCC(=O)N[C@H](CCCN)C(=O)N1C2CCCCC2C[C@H]1C(=O)N[C@@H](Cc1cnc[nH]1)C(=O)N[C@@H](CCCCN)C(=O)N/C(=C\CCN=C(N)N)C(=O)O. The average molecular weight is 1080 g/mol. The molecule has 1 aliphatic carbocycles. The van der Waals surface area contributed by atoms with Crippen LogP contribution in [0.1, 0.15) is 103 Å². The molecule has 1 aromatic rings. The Labute approximate surface area is 441 Å². The highest BCUT2D eigenvalue weighted by Gasteiger charge is 2.49. The van der Waals surface area contributed by atoms with E-state index in [0.717, 1.165) is 12.8 Å². The second-order valence-corrected chi connectivity index (χ2v) is 19.0. The van der Waals surface area contributed by atoms with E-state index in [1.165, 1.54) is 30.4 Å². The molecule has 1 saturated heterocycles. The Bertz CT molecular complexity index is 2140. The van der Waals surface area contributed by atoms with E-state index in [-0.39, 0.29) is 76.5 Å². The Hall–Kier alpha value is -6.79. The van der Waals surface area contributed by atoms with Crippen LogP contribution in [-0.4, -0.2) is 178 Å². The number of guanidine groups is 1. The monoisotopic (exact) mass is 1070 g/mol. The van der Waals surface area contributed by atoms with Gasteiger partial charge in [0.2, 0.25) is 47.3 Å². The van der Waals surface area contributed by atoms with Crippen molar-refractivity contribution >= 4 is 59.2 Å². The van der Waals surface area contributed by atoms with Gasteiger partial charge in [0, 0.05) is 37.4 Å². The van der Waals surface area contributed by atoms with Crippen LogP contribution in [0.5, 0.6) is 0 Å². The number of imidazole rings is 1. The number of hydrogen-bond acceptors (Lipinski definition) is 17. The zero-order valence-corrected chi connectivity index (χ0v) is 43.3. The van der Waals surface area contributed by atoms with E-state index >= 15 is 0 Å². The summed E-state index contributed by atoms with van der Waals surface area (Å²) in [5, 5.41) is 38.0. The largest absolute Gasteiger partial charge is 0.477 e. The first kappa shape index (κ1) is 63.5. The van der Waals surface area contributed by atoms with Gasteiger partial charge in [-0.1, -0.05) is 25.3 Å². The van der Waals surface area contributed by atoms with Gasteiger partial charge in [-0.25, -0.2) is 9.78 Å². The maximum atomic E-state index is 14.8. The van der Waals surface area contributed by atoms with Crippen molar-refractivity contribution in [2.75, 3.05) is 39.3 Å². The van der Waals surface area contributed by atoms with Gasteiger partial charge in [0.25, 0.3) is 0 Å². The molecule has 8 amide bonds. The summed E-state index contributed by atoms with van der Waals surface area (Å²) in [7, 11) is 0. The zero-order valence-electron chi connectivity index (χ0n) is 43.3. The van der Waals surface area contributed by atoms with Gasteiger partial charge in [0.1, 0.15) is 41.9 Å². The Balaban J connectivity index is 1.81. The second-order valence-electron chi connectivity index (χ2n) is 19.0. The standard InChI is InChI=1S/C47H82N18O11/c1-26(59-44(73)38(36(66)22-51)64-40(69)29(52)11-4-6-16-48)39(68)57-24-37(67)60-31(13-8-18-50)45(74)65-34-15-3-2-10-27(34)20-35(65)43(72)63-33(21-28-23-55-25-58-28)42(71)61-30(12-5-7-17-49)41(70)62-32(46(75)76)14-9-19-56-47(53)54/h14,23,25-27,29-31,33-36,38,66H,2-13,15-22,24,48-52H2,1H3,(H,55,58)(H,57,68)(H,59,73)(H,60,67)(H,61,71)(H,62,70)(H,63,72)(H,64,69)(H,75,76)(H4,53,54,56)/b32-14-/t26-,27?,29-,30-,31+,33-,34?,35-,36-,38-/m0/s1. The molecule has 1 aromatic heterocycles. The molecule has 2 heterocycles. The molecule has 0 spiro atoms. The topological polar surface area (TPSA) is 505 Å². The number of likely N-dealkylation sites (tertiary alicyclic amines) is 1. The quantitative estimate of drug-likeness (QED) is 0.0132. The van der Waals surface area contributed by atoms with Crippen LogP contribution in [-0.2, 0) is 49.6 Å². The summed E-state index contributed by atoms with van der Waals surface area (Å²) < 4.78 is 0. The molecule has 426 valence electrons. The van der Waals surface area contributed by atoms with Crippen molar-refractivity contribution in [1.29, 1.82) is 0 Å². The number of aliphatic hydroxyl groups is 1. The number of carboxylic acid groups (broad SMARTS) is 1. The van der Waals surface area contributed by atoms with E-state index in [1.807, 2.05) is 0 Å². The Morgan fingerprint density at radius 1 is 0.803 bits per heavy atom. The van der Waals surface area contributed by atoms with Crippen LogP contribution in [0.3, 0.4) is 0 Å². The number of carbonyl (C=O) groups excluding carboxylic acids is 8. The van der Waals surface area contributed by atoms with Crippen molar-refractivity contribution in [1.82, 2.24) is 52.1 Å². The number of nitrogens with zero attached hydrogens (tertiary/aromatic N) is 3. The summed E-state index contributed by atoms with van der Waals surface area (Å²) in [6, 6.07) is -9.20. The number of aliphatic hydroxyl groups excluding tert-OH is 1. The number of rotatable bonds is 34. The number of unbranched alkanes of at least 4 members (excludes halogenated alkanes) is 2. The number of H-pyrrole nitrogens is 1. The molecule has 0 aromatic carbocycles. The smallest absolute Gasteiger partial charge is 0.352 e. The minimum Gasteiger partial charge on any atom is -0.477 e. The van der Waals surface area contributed by atoms with Gasteiger partial charge >= 0.3 is 5.97 Å². The first-order valence-electron chi connectivity index (χ1n) is 25.9. The summed E-state index contributed by atoms with van der Waals surface area (Å²) in [5.41, 5.74) is 39.3. The van der Waals surface area contributed by atoms with E-state index in [1.54, 1.807) is 0 Å². The second kappa shape index (κ2) is 33.3. The van der Waals surface area contributed by atoms with Gasteiger partial charge in [-0.05, 0) is 103 Å². The molecule has 10 atom stereocenters. The van der Waals surface area contributed by atoms with Crippen molar-refractivity contribution in [3.8, 4) is 0 Å². The molecule has 24 N–H and O–H groups in total. The van der Waals surface area contributed by atoms with Gasteiger partial charge < -0.3 is 97.5 Å². The Morgan fingerprint density at radius 3 is 2.11 bits per heavy atom. The summed E-state index contributed by atoms with van der Waals surface area (Å²) in [4.78, 5) is 134. The number of nitrogens with two attached hydrogens (primary N) is 7. The average Bonchev–Trinajstić information content (AvgIpc) is 4.06. The van der Waals surface area contributed by atoms with E-state index in [4.69, 9.17) is 40.1 Å². The number of nitrogens with one attached hydrogen (secondary N) is 8. The van der Waals surface area contributed by atoms with Crippen LogP contribution in [0.15, 0.2) is 29.3 Å². The fourth-order valence-corrected chi connectivity index (χ4v) is 9.02. The molecule has 76 heavy (non-hydrogen) atoms. The normalized spacial score (nSPS) is 19.0. The molecule has 0 bridgehead atoms. The van der Waals surface area contributed by atoms with E-state index in [0.29, 0.717) is 50.8 Å². The number of amides is 8. The summed E-state index contributed by atoms with van der Waals surface area (Å²) in [6.07, 6.45) is 8.25. The molecule has 2 unspecified atom stereocenters. The molecule has 0 radical (unpaired) electrons. The van der Waals surface area contributed by atoms with Crippen LogP contribution in [0.2, 0.25) is 0 Å². The van der Waals surface area contributed by atoms with E-state index in [9.17, 15) is 53.4 Å². The zero-order chi connectivity index (χ0) is 56.3.